The molecule has 1 unspecified atom stereocenters. The summed E-state index contributed by atoms with van der Waals surface area (Å²) in [5, 5.41) is 0. The van der Waals surface area contributed by atoms with Crippen molar-refractivity contribution in [1.29, 1.82) is 0 Å². The van der Waals surface area contributed by atoms with Crippen LogP contribution in [0.3, 0.4) is 0 Å². The summed E-state index contributed by atoms with van der Waals surface area (Å²) in [5.41, 5.74) is 5.84. The average molecular weight is 173 g/mol. The molecule has 1 rings (SSSR count). The summed E-state index contributed by atoms with van der Waals surface area (Å²) in [4.78, 5) is 0. The van der Waals surface area contributed by atoms with Gasteiger partial charge in [0.25, 0.3) is 0 Å². The molecule has 1 atom stereocenters. The molecule has 0 saturated heterocycles. The minimum Gasteiger partial charge on any atom is -0.385 e. The Hall–Kier alpha value is -0.120. The Morgan fingerprint density at radius 2 is 2.17 bits per heavy atom. The van der Waals surface area contributed by atoms with Crippen molar-refractivity contribution < 1.29 is 9.47 Å². The van der Waals surface area contributed by atoms with E-state index in [0.717, 1.165) is 25.6 Å². The van der Waals surface area contributed by atoms with Crippen LogP contribution in [-0.4, -0.2) is 33.0 Å². The second-order valence-corrected chi connectivity index (χ2v) is 3.42. The lowest BCUT2D eigenvalue weighted by Gasteiger charge is -2.10. The zero-order chi connectivity index (χ0) is 8.81. The van der Waals surface area contributed by atoms with Gasteiger partial charge in [0.2, 0.25) is 0 Å². The fourth-order valence-corrected chi connectivity index (χ4v) is 1.19. The van der Waals surface area contributed by atoms with Gasteiger partial charge in [-0.15, -0.1) is 0 Å². The Morgan fingerprint density at radius 3 is 2.75 bits per heavy atom. The van der Waals surface area contributed by atoms with E-state index in [9.17, 15) is 0 Å². The minimum atomic E-state index is 0.271. The summed E-state index contributed by atoms with van der Waals surface area (Å²) in [6, 6.07) is 0.271. The summed E-state index contributed by atoms with van der Waals surface area (Å²) in [5.74, 6) is 0.743. The zero-order valence-corrected chi connectivity index (χ0v) is 7.79. The molecule has 1 aliphatic carbocycles. The van der Waals surface area contributed by atoms with Gasteiger partial charge in [-0.3, -0.25) is 0 Å². The summed E-state index contributed by atoms with van der Waals surface area (Å²) in [7, 11) is 1.70. The van der Waals surface area contributed by atoms with Crippen molar-refractivity contribution in [3.05, 3.63) is 0 Å². The largest absolute Gasteiger partial charge is 0.385 e. The monoisotopic (exact) mass is 173 g/mol. The maximum absolute atomic E-state index is 5.84. The highest BCUT2D eigenvalue weighted by Gasteiger charge is 2.28. The quantitative estimate of drug-likeness (QED) is 0.578. The Balaban J connectivity index is 1.81. The zero-order valence-electron chi connectivity index (χ0n) is 7.79. The minimum absolute atomic E-state index is 0.271. The van der Waals surface area contributed by atoms with E-state index in [1.807, 2.05) is 0 Å². The maximum atomic E-state index is 5.84. The Morgan fingerprint density at radius 1 is 1.42 bits per heavy atom. The third kappa shape index (κ3) is 4.04. The van der Waals surface area contributed by atoms with Crippen molar-refractivity contribution in [3.63, 3.8) is 0 Å². The van der Waals surface area contributed by atoms with Gasteiger partial charge in [0, 0.05) is 26.4 Å². The lowest BCUT2D eigenvalue weighted by atomic mass is 10.2. The molecule has 3 heteroatoms. The summed E-state index contributed by atoms with van der Waals surface area (Å²) >= 11 is 0. The van der Waals surface area contributed by atoms with E-state index in [0.29, 0.717) is 6.61 Å². The topological polar surface area (TPSA) is 44.5 Å². The van der Waals surface area contributed by atoms with Crippen LogP contribution >= 0.6 is 0 Å². The maximum Gasteiger partial charge on any atom is 0.0620 e. The molecule has 12 heavy (non-hydrogen) atoms. The lowest BCUT2D eigenvalue weighted by molar-refractivity contribution is 0.0907. The number of hydrogen-bond donors (Lipinski definition) is 1. The first kappa shape index (κ1) is 9.96. The SMILES string of the molecule is COCCCOCC(N)C1CC1. The molecular formula is C9H19NO2. The number of hydrogen-bond acceptors (Lipinski definition) is 3. The highest BCUT2D eigenvalue weighted by Crippen LogP contribution is 2.31. The molecule has 1 saturated carbocycles. The number of rotatable bonds is 7. The van der Waals surface area contributed by atoms with Crippen molar-refractivity contribution in [2.75, 3.05) is 26.9 Å². The number of methoxy groups -OCH3 is 1. The fourth-order valence-electron chi connectivity index (χ4n) is 1.19. The molecule has 0 radical (unpaired) electrons. The average Bonchev–Trinajstić information content (AvgIpc) is 2.86. The van der Waals surface area contributed by atoms with Gasteiger partial charge in [0.1, 0.15) is 0 Å². The molecule has 0 amide bonds. The highest BCUT2D eigenvalue weighted by molar-refractivity contribution is 4.83. The van der Waals surface area contributed by atoms with Gasteiger partial charge in [-0.2, -0.15) is 0 Å². The molecule has 1 aliphatic rings. The van der Waals surface area contributed by atoms with Crippen LogP contribution < -0.4 is 5.73 Å². The molecule has 0 aliphatic heterocycles. The first-order chi connectivity index (χ1) is 5.84. The Kier molecular flexibility index (Phi) is 4.58. The fraction of sp³-hybridized carbons (Fsp3) is 1.00. The normalized spacial score (nSPS) is 19.5. The predicted molar refractivity (Wildman–Crippen MR) is 48.0 cm³/mol. The van der Waals surface area contributed by atoms with Gasteiger partial charge in [-0.05, 0) is 25.2 Å². The van der Waals surface area contributed by atoms with Crippen LogP contribution in [0.15, 0.2) is 0 Å². The van der Waals surface area contributed by atoms with E-state index in [4.69, 9.17) is 15.2 Å². The molecule has 0 aromatic rings. The first-order valence-corrected chi connectivity index (χ1v) is 4.67. The van der Waals surface area contributed by atoms with Gasteiger partial charge in [0.15, 0.2) is 0 Å². The Labute approximate surface area is 74.2 Å². The summed E-state index contributed by atoms with van der Waals surface area (Å²) < 4.78 is 10.3. The van der Waals surface area contributed by atoms with E-state index in [-0.39, 0.29) is 6.04 Å². The molecule has 72 valence electrons. The van der Waals surface area contributed by atoms with Gasteiger partial charge in [-0.1, -0.05) is 0 Å². The second-order valence-electron chi connectivity index (χ2n) is 3.42. The van der Waals surface area contributed by atoms with Gasteiger partial charge < -0.3 is 15.2 Å². The smallest absolute Gasteiger partial charge is 0.0620 e. The second kappa shape index (κ2) is 5.51. The van der Waals surface area contributed by atoms with Crippen LogP contribution in [0.1, 0.15) is 19.3 Å². The van der Waals surface area contributed by atoms with Crippen molar-refractivity contribution in [2.45, 2.75) is 25.3 Å². The van der Waals surface area contributed by atoms with Crippen LogP contribution in [0.4, 0.5) is 0 Å². The van der Waals surface area contributed by atoms with Crippen LogP contribution in [0.5, 0.6) is 0 Å². The van der Waals surface area contributed by atoms with E-state index in [1.165, 1.54) is 12.8 Å². The standard InChI is InChI=1S/C9H19NO2/c1-11-5-2-6-12-7-9(10)8-3-4-8/h8-9H,2-7,10H2,1H3. The van der Waals surface area contributed by atoms with E-state index < -0.39 is 0 Å². The van der Waals surface area contributed by atoms with E-state index in [2.05, 4.69) is 0 Å². The molecule has 0 bridgehead atoms. The van der Waals surface area contributed by atoms with Crippen LogP contribution in [-0.2, 0) is 9.47 Å². The first-order valence-electron chi connectivity index (χ1n) is 4.67. The van der Waals surface area contributed by atoms with Crippen molar-refractivity contribution >= 4 is 0 Å². The third-order valence-electron chi connectivity index (χ3n) is 2.17. The van der Waals surface area contributed by atoms with Gasteiger partial charge in [0.05, 0.1) is 6.61 Å². The molecule has 0 spiro atoms. The highest BCUT2D eigenvalue weighted by atomic mass is 16.5. The number of ether oxygens (including phenoxy) is 2. The predicted octanol–water partition coefficient (Wildman–Crippen LogP) is 0.777. The van der Waals surface area contributed by atoms with Crippen LogP contribution in [0, 0.1) is 5.92 Å². The molecule has 0 aromatic carbocycles. The third-order valence-corrected chi connectivity index (χ3v) is 2.17. The summed E-state index contributed by atoms with van der Waals surface area (Å²) in [6.45, 7) is 2.27. The van der Waals surface area contributed by atoms with Crippen molar-refractivity contribution in [1.82, 2.24) is 0 Å². The molecule has 3 nitrogen and oxygen atoms in total. The van der Waals surface area contributed by atoms with E-state index >= 15 is 0 Å². The lowest BCUT2D eigenvalue weighted by Crippen LogP contribution is -2.28. The molecule has 0 heterocycles. The van der Waals surface area contributed by atoms with Crippen molar-refractivity contribution in [2.24, 2.45) is 11.7 Å². The number of nitrogens with two attached hydrogens (primary N) is 1. The van der Waals surface area contributed by atoms with Crippen molar-refractivity contribution in [3.8, 4) is 0 Å². The van der Waals surface area contributed by atoms with E-state index in [1.54, 1.807) is 7.11 Å². The van der Waals surface area contributed by atoms with Crippen LogP contribution in [0.2, 0.25) is 0 Å². The molecular weight excluding hydrogens is 154 g/mol. The summed E-state index contributed by atoms with van der Waals surface area (Å²) in [6.07, 6.45) is 3.55. The molecule has 1 fully saturated rings. The molecule has 2 N–H and O–H groups in total. The Bertz CT molecular complexity index is 115. The van der Waals surface area contributed by atoms with Gasteiger partial charge in [-0.25, -0.2) is 0 Å². The van der Waals surface area contributed by atoms with Crippen LogP contribution in [0.25, 0.3) is 0 Å². The molecule has 0 aromatic heterocycles. The van der Waals surface area contributed by atoms with Gasteiger partial charge >= 0.3 is 0 Å².